The summed E-state index contributed by atoms with van der Waals surface area (Å²) in [4.78, 5) is 4.59. The monoisotopic (exact) mass is 214 g/mol. The molecule has 1 aromatic carbocycles. The molecule has 0 fully saturated rings. The highest BCUT2D eigenvalue weighted by Crippen LogP contribution is 2.31. The Kier molecular flexibility index (Phi) is 1.99. The van der Waals surface area contributed by atoms with Crippen LogP contribution >= 0.6 is 0 Å². The molecule has 1 aromatic heterocycles. The third-order valence-corrected chi connectivity index (χ3v) is 3.27. The number of aryl methyl sites for hydroxylation is 2. The molecule has 3 nitrogen and oxygen atoms in total. The van der Waals surface area contributed by atoms with Gasteiger partial charge in [0.2, 0.25) is 0 Å². The van der Waals surface area contributed by atoms with E-state index in [1.54, 1.807) is 12.1 Å². The number of phenols is 1. The maximum absolute atomic E-state index is 9.80. The van der Waals surface area contributed by atoms with Crippen LogP contribution in [-0.4, -0.2) is 10.1 Å². The van der Waals surface area contributed by atoms with Crippen molar-refractivity contribution >= 4 is 16.6 Å². The van der Waals surface area contributed by atoms with Crippen molar-refractivity contribution in [2.45, 2.75) is 25.7 Å². The predicted octanol–water partition coefficient (Wildman–Crippen LogP) is 2.40. The number of benzene rings is 1. The van der Waals surface area contributed by atoms with E-state index in [-0.39, 0.29) is 5.75 Å². The van der Waals surface area contributed by atoms with Gasteiger partial charge in [0.15, 0.2) is 0 Å². The molecule has 3 rings (SSSR count). The van der Waals surface area contributed by atoms with Gasteiger partial charge in [0.25, 0.3) is 0 Å². The predicted molar refractivity (Wildman–Crippen MR) is 64.5 cm³/mol. The van der Waals surface area contributed by atoms with Crippen molar-refractivity contribution in [1.82, 2.24) is 4.98 Å². The van der Waals surface area contributed by atoms with Crippen LogP contribution < -0.4 is 5.73 Å². The molecule has 2 aromatic rings. The van der Waals surface area contributed by atoms with Crippen LogP contribution in [0, 0.1) is 0 Å². The molecular formula is C13H14N2O. The van der Waals surface area contributed by atoms with Gasteiger partial charge in [-0.05, 0) is 49.4 Å². The molecule has 1 heterocycles. The number of fused-ring (bicyclic) bond motifs is 2. The van der Waals surface area contributed by atoms with E-state index in [9.17, 15) is 5.11 Å². The van der Waals surface area contributed by atoms with E-state index in [1.165, 1.54) is 18.4 Å². The summed E-state index contributed by atoms with van der Waals surface area (Å²) in [6, 6.07) is 5.39. The summed E-state index contributed by atoms with van der Waals surface area (Å²) < 4.78 is 0. The standard InChI is InChI=1S/C13H14N2O/c14-10-5-6-12(16)9-7-8-3-1-2-4-11(8)15-13(9)10/h5-7,16H,1-4,14H2. The van der Waals surface area contributed by atoms with Crippen LogP contribution in [0.3, 0.4) is 0 Å². The Morgan fingerprint density at radius 3 is 2.88 bits per heavy atom. The molecule has 0 atom stereocenters. The van der Waals surface area contributed by atoms with Gasteiger partial charge in [0.05, 0.1) is 11.2 Å². The van der Waals surface area contributed by atoms with Gasteiger partial charge in [-0.15, -0.1) is 0 Å². The van der Waals surface area contributed by atoms with Crippen LogP contribution in [0.25, 0.3) is 10.9 Å². The van der Waals surface area contributed by atoms with Gasteiger partial charge in [-0.25, -0.2) is 0 Å². The summed E-state index contributed by atoms with van der Waals surface area (Å²) in [5.74, 6) is 0.269. The molecule has 0 bridgehead atoms. The van der Waals surface area contributed by atoms with Gasteiger partial charge >= 0.3 is 0 Å². The number of hydrogen-bond acceptors (Lipinski definition) is 3. The van der Waals surface area contributed by atoms with Crippen molar-refractivity contribution in [3.63, 3.8) is 0 Å². The largest absolute Gasteiger partial charge is 0.507 e. The fraction of sp³-hybridized carbons (Fsp3) is 0.308. The molecule has 16 heavy (non-hydrogen) atoms. The second-order valence-electron chi connectivity index (χ2n) is 4.37. The summed E-state index contributed by atoms with van der Waals surface area (Å²) >= 11 is 0. The van der Waals surface area contributed by atoms with Crippen LogP contribution in [0.5, 0.6) is 5.75 Å². The molecule has 1 aliphatic carbocycles. The minimum absolute atomic E-state index is 0.269. The maximum atomic E-state index is 9.80. The van der Waals surface area contributed by atoms with E-state index in [4.69, 9.17) is 5.73 Å². The van der Waals surface area contributed by atoms with Crippen molar-refractivity contribution in [2.75, 3.05) is 5.73 Å². The third-order valence-electron chi connectivity index (χ3n) is 3.27. The van der Waals surface area contributed by atoms with Crippen LogP contribution in [-0.2, 0) is 12.8 Å². The number of nitrogens with zero attached hydrogens (tertiary/aromatic N) is 1. The number of aromatic nitrogens is 1. The molecule has 0 saturated heterocycles. The van der Waals surface area contributed by atoms with Crippen LogP contribution in [0.15, 0.2) is 18.2 Å². The highest BCUT2D eigenvalue weighted by atomic mass is 16.3. The molecule has 0 spiro atoms. The van der Waals surface area contributed by atoms with E-state index in [2.05, 4.69) is 4.98 Å². The van der Waals surface area contributed by atoms with Crippen molar-refractivity contribution in [2.24, 2.45) is 0 Å². The first-order valence-electron chi connectivity index (χ1n) is 5.65. The zero-order chi connectivity index (χ0) is 11.1. The number of pyridine rings is 1. The van der Waals surface area contributed by atoms with Gasteiger partial charge in [0.1, 0.15) is 5.75 Å². The number of phenolic OH excluding ortho intramolecular Hbond substituents is 1. The number of nitrogen functional groups attached to an aromatic ring is 1. The van der Waals surface area contributed by atoms with Crippen molar-refractivity contribution in [3.8, 4) is 5.75 Å². The molecule has 0 aliphatic heterocycles. The lowest BCUT2D eigenvalue weighted by atomic mass is 9.94. The van der Waals surface area contributed by atoms with Gasteiger partial charge < -0.3 is 10.8 Å². The third kappa shape index (κ3) is 1.32. The van der Waals surface area contributed by atoms with E-state index >= 15 is 0 Å². The Hall–Kier alpha value is -1.77. The first-order chi connectivity index (χ1) is 7.75. The average molecular weight is 214 g/mol. The van der Waals surface area contributed by atoms with Crippen LogP contribution in [0.1, 0.15) is 24.1 Å². The normalized spacial score (nSPS) is 15.0. The lowest BCUT2D eigenvalue weighted by Crippen LogP contribution is -2.06. The SMILES string of the molecule is Nc1ccc(O)c2cc3c(nc12)CCCC3. The molecule has 0 radical (unpaired) electrons. The lowest BCUT2D eigenvalue weighted by Gasteiger charge is -2.16. The van der Waals surface area contributed by atoms with Crippen LogP contribution in [0.4, 0.5) is 5.69 Å². The molecule has 0 saturated carbocycles. The lowest BCUT2D eigenvalue weighted by molar-refractivity contribution is 0.481. The number of hydrogen-bond donors (Lipinski definition) is 2. The highest BCUT2D eigenvalue weighted by molar-refractivity contribution is 5.94. The summed E-state index contributed by atoms with van der Waals surface area (Å²) in [7, 11) is 0. The first-order valence-corrected chi connectivity index (χ1v) is 5.65. The molecular weight excluding hydrogens is 200 g/mol. The second kappa shape index (κ2) is 3.37. The van der Waals surface area contributed by atoms with Crippen molar-refractivity contribution < 1.29 is 5.11 Å². The Morgan fingerprint density at radius 1 is 1.19 bits per heavy atom. The summed E-state index contributed by atoms with van der Waals surface area (Å²) in [5.41, 5.74) is 9.67. The fourth-order valence-electron chi connectivity index (χ4n) is 2.39. The first kappa shape index (κ1) is 9.46. The summed E-state index contributed by atoms with van der Waals surface area (Å²) in [6.07, 6.45) is 4.50. The molecule has 3 heteroatoms. The minimum Gasteiger partial charge on any atom is -0.507 e. The van der Waals surface area contributed by atoms with Gasteiger partial charge in [0, 0.05) is 11.1 Å². The zero-order valence-corrected chi connectivity index (χ0v) is 9.03. The summed E-state index contributed by atoms with van der Waals surface area (Å²) in [6.45, 7) is 0. The van der Waals surface area contributed by atoms with E-state index in [0.717, 1.165) is 29.4 Å². The van der Waals surface area contributed by atoms with E-state index in [1.807, 2.05) is 6.07 Å². The van der Waals surface area contributed by atoms with Crippen molar-refractivity contribution in [1.29, 1.82) is 0 Å². The number of nitrogens with two attached hydrogens (primary N) is 1. The number of rotatable bonds is 0. The Balaban J connectivity index is 2.35. The molecule has 82 valence electrons. The maximum Gasteiger partial charge on any atom is 0.125 e. The Labute approximate surface area is 93.9 Å². The summed E-state index contributed by atoms with van der Waals surface area (Å²) in [5, 5.41) is 10.6. The smallest absolute Gasteiger partial charge is 0.125 e. The molecule has 3 N–H and O–H groups in total. The van der Waals surface area contributed by atoms with E-state index in [0.29, 0.717) is 5.69 Å². The van der Waals surface area contributed by atoms with Gasteiger partial charge in [-0.2, -0.15) is 0 Å². The number of anilines is 1. The Morgan fingerprint density at radius 2 is 2.00 bits per heavy atom. The van der Waals surface area contributed by atoms with E-state index < -0.39 is 0 Å². The topological polar surface area (TPSA) is 59.1 Å². The molecule has 0 unspecified atom stereocenters. The number of aromatic hydroxyl groups is 1. The second-order valence-corrected chi connectivity index (χ2v) is 4.37. The van der Waals surface area contributed by atoms with Crippen LogP contribution in [0.2, 0.25) is 0 Å². The highest BCUT2D eigenvalue weighted by Gasteiger charge is 2.14. The van der Waals surface area contributed by atoms with Gasteiger partial charge in [-0.3, -0.25) is 4.98 Å². The molecule has 0 amide bonds. The zero-order valence-electron chi connectivity index (χ0n) is 9.03. The molecule has 1 aliphatic rings. The minimum atomic E-state index is 0.269. The van der Waals surface area contributed by atoms with Gasteiger partial charge in [-0.1, -0.05) is 0 Å². The fourth-order valence-corrected chi connectivity index (χ4v) is 2.39. The quantitative estimate of drug-likeness (QED) is 0.523. The Bertz CT molecular complexity index is 513. The average Bonchev–Trinajstić information content (AvgIpc) is 2.32. The van der Waals surface area contributed by atoms with Crippen molar-refractivity contribution in [3.05, 3.63) is 29.5 Å².